The molecule has 140 valence electrons. The standard InChI is InChI=1S/C21H36N4/c1-4-19-6-8-20(9-7-19)21(25-11-10-22-16-18(25)3)17-24-14-12-23(5-2)13-15-24/h6-9,18,21-22H,4-5,10-17H2,1-3H3. The maximum Gasteiger partial charge on any atom is 0.0479 e. The Kier molecular flexibility index (Phi) is 6.88. The molecule has 25 heavy (non-hydrogen) atoms. The highest BCUT2D eigenvalue weighted by molar-refractivity contribution is 5.26. The van der Waals surface area contributed by atoms with E-state index in [1.54, 1.807) is 0 Å². The van der Waals surface area contributed by atoms with Gasteiger partial charge >= 0.3 is 0 Å². The Bertz CT molecular complexity index is 507. The van der Waals surface area contributed by atoms with Gasteiger partial charge in [0.2, 0.25) is 0 Å². The first-order valence-electron chi connectivity index (χ1n) is 10.2. The van der Waals surface area contributed by atoms with Gasteiger partial charge in [0.1, 0.15) is 0 Å². The molecule has 2 saturated heterocycles. The van der Waals surface area contributed by atoms with Gasteiger partial charge in [0.25, 0.3) is 0 Å². The van der Waals surface area contributed by atoms with E-state index in [4.69, 9.17) is 0 Å². The number of likely N-dealkylation sites (N-methyl/N-ethyl adjacent to an activating group) is 1. The molecule has 0 aromatic heterocycles. The van der Waals surface area contributed by atoms with Crippen LogP contribution in [0.3, 0.4) is 0 Å². The lowest BCUT2D eigenvalue weighted by atomic mass is 9.99. The van der Waals surface area contributed by atoms with E-state index >= 15 is 0 Å². The van der Waals surface area contributed by atoms with Crippen LogP contribution in [-0.2, 0) is 6.42 Å². The third-order valence-electron chi connectivity index (χ3n) is 6.07. The molecule has 2 aliphatic heterocycles. The molecular weight excluding hydrogens is 308 g/mol. The van der Waals surface area contributed by atoms with Crippen LogP contribution >= 0.6 is 0 Å². The molecule has 0 aliphatic carbocycles. The summed E-state index contributed by atoms with van der Waals surface area (Å²) < 4.78 is 0. The Balaban J connectivity index is 1.74. The van der Waals surface area contributed by atoms with Crippen molar-refractivity contribution in [2.45, 2.75) is 39.3 Å². The van der Waals surface area contributed by atoms with Crippen LogP contribution in [0.2, 0.25) is 0 Å². The molecule has 2 atom stereocenters. The minimum Gasteiger partial charge on any atom is -0.314 e. The summed E-state index contributed by atoms with van der Waals surface area (Å²) in [5.74, 6) is 0. The van der Waals surface area contributed by atoms with Gasteiger partial charge in [0.05, 0.1) is 0 Å². The molecular formula is C21H36N4. The molecule has 1 N–H and O–H groups in total. The monoisotopic (exact) mass is 344 g/mol. The van der Waals surface area contributed by atoms with Crippen LogP contribution in [0.4, 0.5) is 0 Å². The second kappa shape index (κ2) is 9.13. The second-order valence-electron chi connectivity index (χ2n) is 7.64. The van der Waals surface area contributed by atoms with E-state index in [0.717, 1.165) is 32.6 Å². The predicted molar refractivity (Wildman–Crippen MR) is 106 cm³/mol. The average molecular weight is 345 g/mol. The number of hydrogen-bond donors (Lipinski definition) is 1. The van der Waals surface area contributed by atoms with Crippen molar-refractivity contribution in [1.29, 1.82) is 0 Å². The van der Waals surface area contributed by atoms with Gasteiger partial charge in [-0.1, -0.05) is 38.1 Å². The lowest BCUT2D eigenvalue weighted by Crippen LogP contribution is -2.54. The topological polar surface area (TPSA) is 21.8 Å². The maximum absolute atomic E-state index is 3.54. The Labute approximate surface area is 154 Å². The molecule has 2 fully saturated rings. The highest BCUT2D eigenvalue weighted by Crippen LogP contribution is 2.26. The summed E-state index contributed by atoms with van der Waals surface area (Å²) in [6.45, 7) is 17.4. The van der Waals surface area contributed by atoms with E-state index in [2.05, 4.69) is 65.1 Å². The molecule has 4 heteroatoms. The third-order valence-corrected chi connectivity index (χ3v) is 6.07. The van der Waals surface area contributed by atoms with Gasteiger partial charge in [-0.25, -0.2) is 0 Å². The summed E-state index contributed by atoms with van der Waals surface area (Å²) in [6.07, 6.45) is 1.12. The molecule has 1 aromatic carbocycles. The number of rotatable bonds is 6. The molecule has 0 amide bonds. The highest BCUT2D eigenvalue weighted by atomic mass is 15.3. The van der Waals surface area contributed by atoms with Gasteiger partial charge in [-0.15, -0.1) is 0 Å². The Morgan fingerprint density at radius 1 is 1.00 bits per heavy atom. The fourth-order valence-electron chi connectivity index (χ4n) is 4.23. The minimum absolute atomic E-state index is 0.510. The van der Waals surface area contributed by atoms with E-state index < -0.39 is 0 Å². The van der Waals surface area contributed by atoms with Gasteiger partial charge in [-0.05, 0) is 31.0 Å². The van der Waals surface area contributed by atoms with E-state index in [1.165, 1.54) is 43.9 Å². The fraction of sp³-hybridized carbons (Fsp3) is 0.714. The van der Waals surface area contributed by atoms with E-state index in [-0.39, 0.29) is 0 Å². The van der Waals surface area contributed by atoms with Crippen LogP contribution in [0.5, 0.6) is 0 Å². The Hall–Kier alpha value is -0.940. The van der Waals surface area contributed by atoms with Gasteiger partial charge in [0.15, 0.2) is 0 Å². The van der Waals surface area contributed by atoms with Crippen molar-refractivity contribution in [3.8, 4) is 0 Å². The van der Waals surface area contributed by atoms with E-state index in [9.17, 15) is 0 Å². The molecule has 0 bridgehead atoms. The summed E-state index contributed by atoms with van der Waals surface area (Å²) in [5.41, 5.74) is 2.93. The van der Waals surface area contributed by atoms with Crippen molar-refractivity contribution in [3.63, 3.8) is 0 Å². The fourth-order valence-corrected chi connectivity index (χ4v) is 4.23. The van der Waals surface area contributed by atoms with Crippen LogP contribution in [0.15, 0.2) is 24.3 Å². The number of benzene rings is 1. The molecule has 3 rings (SSSR count). The summed E-state index contributed by atoms with van der Waals surface area (Å²) in [6, 6.07) is 10.5. The second-order valence-corrected chi connectivity index (χ2v) is 7.64. The van der Waals surface area contributed by atoms with Crippen LogP contribution in [0.1, 0.15) is 37.9 Å². The Morgan fingerprint density at radius 3 is 2.28 bits per heavy atom. The summed E-state index contributed by atoms with van der Waals surface area (Å²) in [5, 5.41) is 3.54. The SMILES string of the molecule is CCc1ccc(C(CN2CCN(CC)CC2)N2CCNCC2C)cc1. The van der Waals surface area contributed by atoms with E-state index in [1.807, 2.05) is 0 Å². The van der Waals surface area contributed by atoms with Crippen molar-refractivity contribution in [3.05, 3.63) is 35.4 Å². The largest absolute Gasteiger partial charge is 0.314 e. The quantitative estimate of drug-likeness (QED) is 0.854. The zero-order valence-corrected chi connectivity index (χ0v) is 16.4. The van der Waals surface area contributed by atoms with Crippen LogP contribution in [0.25, 0.3) is 0 Å². The third kappa shape index (κ3) is 4.82. The summed E-state index contributed by atoms with van der Waals surface area (Å²) in [4.78, 5) is 7.97. The van der Waals surface area contributed by atoms with Gasteiger partial charge in [0, 0.05) is 64.4 Å². The number of piperazine rings is 2. The first-order chi connectivity index (χ1) is 12.2. The smallest absolute Gasteiger partial charge is 0.0479 e. The van der Waals surface area contributed by atoms with Crippen LogP contribution in [0, 0.1) is 0 Å². The van der Waals surface area contributed by atoms with Gasteiger partial charge < -0.3 is 10.2 Å². The highest BCUT2D eigenvalue weighted by Gasteiger charge is 2.29. The molecule has 2 unspecified atom stereocenters. The van der Waals surface area contributed by atoms with Crippen LogP contribution in [-0.4, -0.2) is 79.6 Å². The van der Waals surface area contributed by atoms with Crippen molar-refractivity contribution in [1.82, 2.24) is 20.0 Å². The van der Waals surface area contributed by atoms with Crippen molar-refractivity contribution < 1.29 is 0 Å². The lowest BCUT2D eigenvalue weighted by Gasteiger charge is -2.43. The molecule has 2 aliphatic rings. The van der Waals surface area contributed by atoms with Gasteiger partial charge in [-0.3, -0.25) is 9.80 Å². The molecule has 0 spiro atoms. The normalized spacial score (nSPS) is 25.2. The maximum atomic E-state index is 3.54. The number of nitrogens with one attached hydrogen (secondary N) is 1. The van der Waals surface area contributed by atoms with Gasteiger partial charge in [-0.2, -0.15) is 0 Å². The minimum atomic E-state index is 0.510. The van der Waals surface area contributed by atoms with Crippen LogP contribution < -0.4 is 5.32 Å². The first-order valence-corrected chi connectivity index (χ1v) is 10.2. The van der Waals surface area contributed by atoms with Crippen molar-refractivity contribution in [2.75, 3.05) is 58.9 Å². The molecule has 0 saturated carbocycles. The zero-order valence-electron chi connectivity index (χ0n) is 16.4. The predicted octanol–water partition coefficient (Wildman–Crippen LogP) is 2.22. The average Bonchev–Trinajstić information content (AvgIpc) is 2.67. The molecule has 2 heterocycles. The summed E-state index contributed by atoms with van der Waals surface area (Å²) >= 11 is 0. The van der Waals surface area contributed by atoms with Crippen molar-refractivity contribution in [2.24, 2.45) is 0 Å². The molecule has 0 radical (unpaired) electrons. The zero-order chi connectivity index (χ0) is 17.6. The number of nitrogens with zero attached hydrogens (tertiary/aromatic N) is 3. The lowest BCUT2D eigenvalue weighted by molar-refractivity contribution is 0.0623. The van der Waals surface area contributed by atoms with E-state index in [0.29, 0.717) is 12.1 Å². The number of hydrogen-bond acceptors (Lipinski definition) is 4. The number of aryl methyl sites for hydroxylation is 1. The Morgan fingerprint density at radius 2 is 1.68 bits per heavy atom. The first kappa shape index (κ1) is 18.8. The summed E-state index contributed by atoms with van der Waals surface area (Å²) in [7, 11) is 0. The van der Waals surface area contributed by atoms with Crippen molar-refractivity contribution >= 4 is 0 Å². The molecule has 4 nitrogen and oxygen atoms in total. The molecule has 1 aromatic rings.